The van der Waals surface area contributed by atoms with Crippen molar-refractivity contribution in [2.45, 2.75) is 38.8 Å². The highest BCUT2D eigenvalue weighted by Gasteiger charge is 2.33. The second-order valence-corrected chi connectivity index (χ2v) is 5.98. The standard InChI is InChI=1S/C14H27N3O2/c1-11-3-5-16(6-4-11)7-8-17-9-10-19-12(2)13(17)14(15)18/h11-13H,3-10H2,1-2H3,(H2,15,18)/t12-,13+/m1/s1. The fourth-order valence-corrected chi connectivity index (χ4v) is 3.10. The molecule has 2 rings (SSSR count). The fraction of sp³-hybridized carbons (Fsp3) is 0.929. The number of nitrogens with zero attached hydrogens (tertiary/aromatic N) is 2. The van der Waals surface area contributed by atoms with Crippen LogP contribution in [0.2, 0.25) is 0 Å². The van der Waals surface area contributed by atoms with Gasteiger partial charge in [-0.2, -0.15) is 0 Å². The zero-order chi connectivity index (χ0) is 13.8. The van der Waals surface area contributed by atoms with Gasteiger partial charge in [0, 0.05) is 19.6 Å². The van der Waals surface area contributed by atoms with Gasteiger partial charge in [-0.15, -0.1) is 0 Å². The number of carbonyl (C=O) groups is 1. The van der Waals surface area contributed by atoms with Gasteiger partial charge in [0.15, 0.2) is 0 Å². The summed E-state index contributed by atoms with van der Waals surface area (Å²) in [6, 6.07) is -0.266. The summed E-state index contributed by atoms with van der Waals surface area (Å²) in [4.78, 5) is 16.2. The number of primary amides is 1. The molecule has 0 aromatic heterocycles. The number of likely N-dealkylation sites (tertiary alicyclic amines) is 1. The molecule has 110 valence electrons. The number of hydrogen-bond acceptors (Lipinski definition) is 4. The largest absolute Gasteiger partial charge is 0.375 e. The van der Waals surface area contributed by atoms with Crippen molar-refractivity contribution in [2.75, 3.05) is 39.3 Å². The summed E-state index contributed by atoms with van der Waals surface area (Å²) in [6.07, 6.45) is 2.49. The molecule has 2 N–H and O–H groups in total. The van der Waals surface area contributed by atoms with E-state index in [4.69, 9.17) is 10.5 Å². The van der Waals surface area contributed by atoms with Crippen LogP contribution in [-0.2, 0) is 9.53 Å². The number of hydrogen-bond donors (Lipinski definition) is 1. The molecule has 2 atom stereocenters. The number of nitrogens with two attached hydrogens (primary N) is 1. The first-order valence-corrected chi connectivity index (χ1v) is 7.45. The van der Waals surface area contributed by atoms with Crippen molar-refractivity contribution in [3.63, 3.8) is 0 Å². The molecule has 1 amide bonds. The third-order valence-corrected chi connectivity index (χ3v) is 4.47. The van der Waals surface area contributed by atoms with Crippen molar-refractivity contribution in [1.82, 2.24) is 9.80 Å². The molecular formula is C14H27N3O2. The Kier molecular flexibility index (Phi) is 5.19. The topological polar surface area (TPSA) is 58.8 Å². The smallest absolute Gasteiger partial charge is 0.237 e. The molecule has 2 aliphatic heterocycles. The molecular weight excluding hydrogens is 242 g/mol. The van der Waals surface area contributed by atoms with Crippen LogP contribution in [0.1, 0.15) is 26.7 Å². The molecule has 5 heteroatoms. The lowest BCUT2D eigenvalue weighted by Crippen LogP contribution is -2.58. The highest BCUT2D eigenvalue weighted by Crippen LogP contribution is 2.17. The SMILES string of the molecule is CC1CCN(CCN2CCO[C@H](C)[C@H]2C(N)=O)CC1. The van der Waals surface area contributed by atoms with E-state index in [1.165, 1.54) is 25.9 Å². The molecule has 2 heterocycles. The highest BCUT2D eigenvalue weighted by atomic mass is 16.5. The Hall–Kier alpha value is -0.650. The Morgan fingerprint density at radius 1 is 1.21 bits per heavy atom. The van der Waals surface area contributed by atoms with Crippen LogP contribution in [0.15, 0.2) is 0 Å². The number of carbonyl (C=O) groups excluding carboxylic acids is 1. The van der Waals surface area contributed by atoms with Crippen LogP contribution in [0, 0.1) is 5.92 Å². The average Bonchev–Trinajstić information content (AvgIpc) is 2.37. The van der Waals surface area contributed by atoms with Crippen molar-refractivity contribution in [1.29, 1.82) is 0 Å². The number of amides is 1. The van der Waals surface area contributed by atoms with Crippen molar-refractivity contribution >= 4 is 5.91 Å². The Morgan fingerprint density at radius 3 is 2.53 bits per heavy atom. The molecule has 0 radical (unpaired) electrons. The maximum atomic E-state index is 11.6. The van der Waals surface area contributed by atoms with E-state index in [9.17, 15) is 4.79 Å². The Balaban J connectivity index is 1.81. The van der Waals surface area contributed by atoms with Crippen molar-refractivity contribution < 1.29 is 9.53 Å². The fourth-order valence-electron chi connectivity index (χ4n) is 3.10. The maximum absolute atomic E-state index is 11.6. The molecule has 2 saturated heterocycles. The van der Waals surface area contributed by atoms with Crippen molar-refractivity contribution in [3.8, 4) is 0 Å². The lowest BCUT2D eigenvalue weighted by atomic mass is 9.99. The van der Waals surface area contributed by atoms with Gasteiger partial charge < -0.3 is 15.4 Å². The summed E-state index contributed by atoms with van der Waals surface area (Å²) in [5.74, 6) is 0.595. The molecule has 19 heavy (non-hydrogen) atoms. The number of piperidine rings is 1. The van der Waals surface area contributed by atoms with E-state index in [2.05, 4.69) is 16.7 Å². The minimum Gasteiger partial charge on any atom is -0.375 e. The summed E-state index contributed by atoms with van der Waals surface area (Å²) in [5.41, 5.74) is 5.50. The van der Waals surface area contributed by atoms with Gasteiger partial charge in [0.05, 0.1) is 12.7 Å². The van der Waals surface area contributed by atoms with Crippen LogP contribution < -0.4 is 5.73 Å². The quantitative estimate of drug-likeness (QED) is 0.797. The summed E-state index contributed by atoms with van der Waals surface area (Å²) >= 11 is 0. The molecule has 2 aliphatic rings. The monoisotopic (exact) mass is 269 g/mol. The van der Waals surface area contributed by atoms with Crippen LogP contribution in [0.4, 0.5) is 0 Å². The molecule has 0 aliphatic carbocycles. The lowest BCUT2D eigenvalue weighted by Gasteiger charge is -2.39. The molecule has 0 unspecified atom stereocenters. The zero-order valence-electron chi connectivity index (χ0n) is 12.2. The summed E-state index contributed by atoms with van der Waals surface area (Å²) in [7, 11) is 0. The minimum atomic E-state index is -0.266. The summed E-state index contributed by atoms with van der Waals surface area (Å²) in [5, 5.41) is 0. The molecule has 0 aromatic carbocycles. The van der Waals surface area contributed by atoms with Gasteiger partial charge in [-0.1, -0.05) is 6.92 Å². The average molecular weight is 269 g/mol. The first kappa shape index (κ1) is 14.8. The van der Waals surface area contributed by atoms with E-state index >= 15 is 0 Å². The lowest BCUT2D eigenvalue weighted by molar-refractivity contribution is -0.136. The number of morpholine rings is 1. The van der Waals surface area contributed by atoms with Gasteiger partial charge >= 0.3 is 0 Å². The first-order valence-electron chi connectivity index (χ1n) is 7.45. The Bertz CT molecular complexity index is 303. The van der Waals surface area contributed by atoms with E-state index in [1.54, 1.807) is 0 Å². The van der Waals surface area contributed by atoms with Gasteiger partial charge in [0.2, 0.25) is 5.91 Å². The van der Waals surface area contributed by atoms with Gasteiger partial charge in [-0.05, 0) is 38.8 Å². The van der Waals surface area contributed by atoms with Gasteiger partial charge in [0.1, 0.15) is 6.04 Å². The summed E-state index contributed by atoms with van der Waals surface area (Å²) < 4.78 is 5.53. The third kappa shape index (κ3) is 3.91. The van der Waals surface area contributed by atoms with E-state index in [-0.39, 0.29) is 18.1 Å². The Labute approximate surface area is 116 Å². The molecule has 5 nitrogen and oxygen atoms in total. The van der Waals surface area contributed by atoms with Gasteiger partial charge in [-0.25, -0.2) is 0 Å². The van der Waals surface area contributed by atoms with E-state index in [0.717, 1.165) is 25.6 Å². The number of ether oxygens (including phenoxy) is 1. The second-order valence-electron chi connectivity index (χ2n) is 5.98. The van der Waals surface area contributed by atoms with Crippen LogP contribution in [0.5, 0.6) is 0 Å². The first-order chi connectivity index (χ1) is 9.08. The van der Waals surface area contributed by atoms with Crippen molar-refractivity contribution in [2.24, 2.45) is 11.7 Å². The minimum absolute atomic E-state index is 0.0902. The normalized spacial score (nSPS) is 31.5. The molecule has 0 spiro atoms. The van der Waals surface area contributed by atoms with Gasteiger partial charge in [0.25, 0.3) is 0 Å². The van der Waals surface area contributed by atoms with Crippen LogP contribution >= 0.6 is 0 Å². The molecule has 0 saturated carbocycles. The highest BCUT2D eigenvalue weighted by molar-refractivity contribution is 5.80. The predicted octanol–water partition coefficient (Wildman–Crippen LogP) is 0.293. The van der Waals surface area contributed by atoms with Crippen molar-refractivity contribution in [3.05, 3.63) is 0 Å². The predicted molar refractivity (Wildman–Crippen MR) is 74.8 cm³/mol. The molecule has 0 bridgehead atoms. The van der Waals surface area contributed by atoms with E-state index in [1.807, 2.05) is 6.92 Å². The van der Waals surface area contributed by atoms with Crippen LogP contribution in [0.3, 0.4) is 0 Å². The van der Waals surface area contributed by atoms with E-state index in [0.29, 0.717) is 6.61 Å². The number of rotatable bonds is 4. The summed E-state index contributed by atoms with van der Waals surface area (Å²) in [6.45, 7) is 10.1. The van der Waals surface area contributed by atoms with Crippen LogP contribution in [0.25, 0.3) is 0 Å². The van der Waals surface area contributed by atoms with Gasteiger partial charge in [-0.3, -0.25) is 9.69 Å². The second kappa shape index (κ2) is 6.68. The molecule has 0 aromatic rings. The maximum Gasteiger partial charge on any atom is 0.237 e. The van der Waals surface area contributed by atoms with E-state index < -0.39 is 0 Å². The third-order valence-electron chi connectivity index (χ3n) is 4.47. The molecule has 2 fully saturated rings. The van der Waals surface area contributed by atoms with Crippen LogP contribution in [-0.4, -0.2) is 67.2 Å². The Morgan fingerprint density at radius 2 is 1.89 bits per heavy atom. The zero-order valence-corrected chi connectivity index (χ0v) is 12.2.